The van der Waals surface area contributed by atoms with E-state index in [9.17, 15) is 28.9 Å². The largest absolute Gasteiger partial charge is 0.457 e. The van der Waals surface area contributed by atoms with Gasteiger partial charge < -0.3 is 9.73 Å². The molecule has 0 unspecified atom stereocenters. The molecule has 11 heteroatoms. The normalized spacial score (nSPS) is 14.7. The van der Waals surface area contributed by atoms with Crippen LogP contribution < -0.4 is 5.32 Å². The number of amides is 3. The number of nitro groups is 1. The van der Waals surface area contributed by atoms with E-state index in [1.807, 2.05) is 0 Å². The number of thioether (sulfide) groups is 1. The number of carbonyl (C=O) groups is 3. The summed E-state index contributed by atoms with van der Waals surface area (Å²) in [7, 11) is 0. The minimum absolute atomic E-state index is 0.0542. The van der Waals surface area contributed by atoms with Crippen LogP contribution in [0.2, 0.25) is 0 Å². The lowest BCUT2D eigenvalue weighted by molar-refractivity contribution is -0.384. The maximum atomic E-state index is 13.3. The summed E-state index contributed by atoms with van der Waals surface area (Å²) in [6.45, 7) is -0.532. The van der Waals surface area contributed by atoms with Crippen LogP contribution in [0, 0.1) is 15.9 Å². The topological polar surface area (TPSA) is 123 Å². The van der Waals surface area contributed by atoms with Gasteiger partial charge in [0.15, 0.2) is 0 Å². The maximum Gasteiger partial charge on any atom is 0.294 e. The summed E-state index contributed by atoms with van der Waals surface area (Å²) < 4.78 is 18.9. The maximum absolute atomic E-state index is 13.3. The predicted octanol–water partition coefficient (Wildman–Crippen LogP) is 4.67. The van der Waals surface area contributed by atoms with Crippen LogP contribution in [0.15, 0.2) is 70.0 Å². The minimum Gasteiger partial charge on any atom is -0.457 e. The van der Waals surface area contributed by atoms with Gasteiger partial charge in [-0.05, 0) is 42.1 Å². The second kappa shape index (κ2) is 9.09. The van der Waals surface area contributed by atoms with Crippen molar-refractivity contribution in [1.29, 1.82) is 0 Å². The number of hydrogen-bond donors (Lipinski definition) is 1. The molecule has 9 nitrogen and oxygen atoms in total. The molecule has 1 saturated heterocycles. The summed E-state index contributed by atoms with van der Waals surface area (Å²) in [5.74, 6) is -1.27. The van der Waals surface area contributed by atoms with Crippen molar-refractivity contribution in [1.82, 2.24) is 4.90 Å². The van der Waals surface area contributed by atoms with Gasteiger partial charge in [0.25, 0.3) is 16.8 Å². The van der Waals surface area contributed by atoms with E-state index in [-0.39, 0.29) is 22.0 Å². The minimum atomic E-state index is -0.673. The summed E-state index contributed by atoms with van der Waals surface area (Å²) >= 11 is 0.648. The molecular formula is C22H14FN3O6S. The highest BCUT2D eigenvalue weighted by molar-refractivity contribution is 8.18. The number of furan rings is 1. The number of nitrogens with zero attached hydrogens (tertiary/aromatic N) is 2. The van der Waals surface area contributed by atoms with E-state index >= 15 is 0 Å². The Morgan fingerprint density at radius 1 is 1.15 bits per heavy atom. The molecule has 0 saturated carbocycles. The van der Waals surface area contributed by atoms with Gasteiger partial charge in [-0.2, -0.15) is 0 Å². The highest BCUT2D eigenvalue weighted by Crippen LogP contribution is 2.33. The lowest BCUT2D eigenvalue weighted by atomic mass is 10.1. The zero-order chi connectivity index (χ0) is 23.5. The average molecular weight is 467 g/mol. The SMILES string of the molecule is O=C(CN1C(=O)S/C(=C/c2ccc(-c3cccc([N+](=O)[O-])c3)o2)C1=O)Nc1cccc(F)c1. The Labute approximate surface area is 190 Å². The zero-order valence-corrected chi connectivity index (χ0v) is 17.5. The molecule has 0 bridgehead atoms. The molecule has 0 aliphatic carbocycles. The van der Waals surface area contributed by atoms with Crippen molar-refractivity contribution in [3.8, 4) is 11.3 Å². The third-order valence-corrected chi connectivity index (χ3v) is 5.43. The molecule has 0 radical (unpaired) electrons. The molecule has 0 atom stereocenters. The van der Waals surface area contributed by atoms with Crippen LogP contribution in [0.25, 0.3) is 17.4 Å². The molecule has 4 rings (SSSR count). The van der Waals surface area contributed by atoms with Gasteiger partial charge in [-0.15, -0.1) is 0 Å². The smallest absolute Gasteiger partial charge is 0.294 e. The van der Waals surface area contributed by atoms with Crippen LogP contribution >= 0.6 is 11.8 Å². The van der Waals surface area contributed by atoms with Crippen molar-refractivity contribution in [3.63, 3.8) is 0 Å². The number of imide groups is 1. The van der Waals surface area contributed by atoms with Gasteiger partial charge in [0, 0.05) is 29.5 Å². The number of hydrogen-bond acceptors (Lipinski definition) is 7. The Bertz CT molecular complexity index is 1320. The third kappa shape index (κ3) is 4.99. The first-order chi connectivity index (χ1) is 15.8. The van der Waals surface area contributed by atoms with Crippen molar-refractivity contribution < 1.29 is 28.1 Å². The first-order valence-corrected chi connectivity index (χ1v) is 10.3. The van der Waals surface area contributed by atoms with Crippen molar-refractivity contribution >= 4 is 46.3 Å². The van der Waals surface area contributed by atoms with E-state index in [1.165, 1.54) is 42.5 Å². The fraction of sp³-hybridized carbons (Fsp3) is 0.0455. The number of rotatable bonds is 6. The molecule has 3 amide bonds. The lowest BCUT2D eigenvalue weighted by Crippen LogP contribution is -2.36. The Balaban J connectivity index is 1.46. The van der Waals surface area contributed by atoms with Gasteiger partial charge in [-0.25, -0.2) is 4.39 Å². The number of halogens is 1. The highest BCUT2D eigenvalue weighted by Gasteiger charge is 2.36. The van der Waals surface area contributed by atoms with Crippen LogP contribution in [0.5, 0.6) is 0 Å². The zero-order valence-electron chi connectivity index (χ0n) is 16.7. The van der Waals surface area contributed by atoms with Crippen LogP contribution in [0.1, 0.15) is 5.76 Å². The van der Waals surface area contributed by atoms with Gasteiger partial charge >= 0.3 is 0 Å². The number of carbonyl (C=O) groups excluding carboxylic acids is 3. The molecule has 1 fully saturated rings. The molecule has 0 spiro atoms. The van der Waals surface area contributed by atoms with Crippen molar-refractivity contribution in [2.24, 2.45) is 0 Å². The van der Waals surface area contributed by atoms with Gasteiger partial charge in [0.2, 0.25) is 5.91 Å². The quantitative estimate of drug-likeness (QED) is 0.317. The summed E-state index contributed by atoms with van der Waals surface area (Å²) in [5, 5.41) is 12.8. The molecule has 1 aromatic heterocycles. The Morgan fingerprint density at radius 3 is 2.70 bits per heavy atom. The van der Waals surface area contributed by atoms with Crippen LogP contribution in [0.4, 0.5) is 20.6 Å². The number of non-ortho nitro benzene ring substituents is 1. The fourth-order valence-corrected chi connectivity index (χ4v) is 3.85. The van der Waals surface area contributed by atoms with Crippen molar-refractivity contribution in [3.05, 3.63) is 87.3 Å². The van der Waals surface area contributed by atoms with Gasteiger partial charge in [-0.3, -0.25) is 29.4 Å². The monoisotopic (exact) mass is 467 g/mol. The second-order valence-electron chi connectivity index (χ2n) is 6.84. The second-order valence-corrected chi connectivity index (χ2v) is 7.83. The summed E-state index contributed by atoms with van der Waals surface area (Å²) in [4.78, 5) is 48.3. The van der Waals surface area contributed by atoms with E-state index in [2.05, 4.69) is 5.32 Å². The first kappa shape index (κ1) is 22.0. The molecular weight excluding hydrogens is 453 g/mol. The van der Waals surface area contributed by atoms with E-state index in [4.69, 9.17) is 4.42 Å². The fourth-order valence-electron chi connectivity index (χ4n) is 3.03. The number of nitrogens with one attached hydrogen (secondary N) is 1. The molecule has 1 aliphatic rings. The van der Waals surface area contributed by atoms with E-state index < -0.39 is 34.3 Å². The van der Waals surface area contributed by atoms with E-state index in [0.29, 0.717) is 23.1 Å². The molecule has 166 valence electrons. The van der Waals surface area contributed by atoms with E-state index in [1.54, 1.807) is 18.2 Å². The molecule has 2 aromatic carbocycles. The van der Waals surface area contributed by atoms with E-state index in [0.717, 1.165) is 11.0 Å². The van der Waals surface area contributed by atoms with Crippen LogP contribution in [-0.2, 0) is 9.59 Å². The Hall–Kier alpha value is -4.25. The Morgan fingerprint density at radius 2 is 1.94 bits per heavy atom. The summed E-state index contributed by atoms with van der Waals surface area (Å²) in [5.41, 5.74) is 0.584. The molecule has 1 N–H and O–H groups in total. The number of nitro benzene ring substituents is 1. The Kier molecular flexibility index (Phi) is 6.05. The first-order valence-electron chi connectivity index (χ1n) is 9.45. The number of anilines is 1. The average Bonchev–Trinajstić information content (AvgIpc) is 3.34. The third-order valence-electron chi connectivity index (χ3n) is 4.53. The molecule has 3 aromatic rings. The van der Waals surface area contributed by atoms with Crippen molar-refractivity contribution in [2.45, 2.75) is 0 Å². The number of benzene rings is 2. The van der Waals surface area contributed by atoms with Crippen LogP contribution in [-0.4, -0.2) is 33.4 Å². The lowest BCUT2D eigenvalue weighted by Gasteiger charge is -2.12. The predicted molar refractivity (Wildman–Crippen MR) is 119 cm³/mol. The van der Waals surface area contributed by atoms with Crippen molar-refractivity contribution in [2.75, 3.05) is 11.9 Å². The van der Waals surface area contributed by atoms with Gasteiger partial charge in [-0.1, -0.05) is 18.2 Å². The highest BCUT2D eigenvalue weighted by atomic mass is 32.2. The molecule has 1 aliphatic heterocycles. The van der Waals surface area contributed by atoms with Gasteiger partial charge in [0.05, 0.1) is 9.83 Å². The molecule has 2 heterocycles. The summed E-state index contributed by atoms with van der Waals surface area (Å²) in [6.07, 6.45) is 1.36. The standard InChI is InChI=1S/C22H14FN3O6S/c23-14-4-2-5-15(10-14)24-20(27)12-25-21(28)19(33-22(25)29)11-17-7-8-18(32-17)13-3-1-6-16(9-13)26(30)31/h1-11H,12H2,(H,24,27)/b19-11+. The summed E-state index contributed by atoms with van der Waals surface area (Å²) in [6, 6.07) is 14.2. The molecule has 33 heavy (non-hydrogen) atoms. The van der Waals surface area contributed by atoms with Gasteiger partial charge in [0.1, 0.15) is 23.9 Å². The van der Waals surface area contributed by atoms with Crippen LogP contribution in [0.3, 0.4) is 0 Å².